The summed E-state index contributed by atoms with van der Waals surface area (Å²) >= 11 is 0. The van der Waals surface area contributed by atoms with Gasteiger partial charge >= 0.3 is 12.1 Å². The lowest BCUT2D eigenvalue weighted by atomic mass is 9.86. The molecule has 0 bridgehead atoms. The number of halogens is 1. The van der Waals surface area contributed by atoms with Gasteiger partial charge in [0, 0.05) is 86.9 Å². The number of amides is 5. The fourth-order valence-electron chi connectivity index (χ4n) is 7.50. The molecule has 5 amide bonds. The number of nitrogens with zero attached hydrogens (tertiary/aromatic N) is 9. The molecule has 21 heteroatoms. The Morgan fingerprint density at radius 1 is 0.864 bits per heavy atom. The number of aromatic nitrogens is 7. The number of nitrogens with two attached hydrogens (primary N) is 2. The van der Waals surface area contributed by atoms with Crippen LogP contribution >= 0.6 is 0 Å². The van der Waals surface area contributed by atoms with Gasteiger partial charge in [-0.25, -0.2) is 33.4 Å². The molecule has 20 nitrogen and oxygen atoms in total. The molecule has 0 aliphatic carbocycles. The molecule has 1 fully saturated rings. The zero-order chi connectivity index (χ0) is 47.0. The topological polar surface area (TPSA) is 258 Å². The van der Waals surface area contributed by atoms with Crippen molar-refractivity contribution in [1.29, 1.82) is 0 Å². The number of hydrogen-bond acceptors (Lipinski definition) is 13. The number of benzene rings is 2. The number of piperazine rings is 1. The number of carbonyl (C=O) groups is 4. The highest BCUT2D eigenvalue weighted by Gasteiger charge is 2.33. The molecule has 0 unspecified atom stereocenters. The molecule has 5 heterocycles. The van der Waals surface area contributed by atoms with E-state index in [9.17, 15) is 23.6 Å². The van der Waals surface area contributed by atoms with Crippen LogP contribution in [0, 0.1) is 11.7 Å². The first kappa shape index (κ1) is 46.3. The summed E-state index contributed by atoms with van der Waals surface area (Å²) in [7, 11) is 1.88. The Morgan fingerprint density at radius 2 is 1.56 bits per heavy atom. The van der Waals surface area contributed by atoms with Gasteiger partial charge in [0.25, 0.3) is 0 Å². The number of aryl methyl sites for hydroxylation is 1. The molecule has 1 aliphatic heterocycles. The second-order valence-electron chi connectivity index (χ2n) is 16.6. The summed E-state index contributed by atoms with van der Waals surface area (Å²) in [6, 6.07) is 12.1. The summed E-state index contributed by atoms with van der Waals surface area (Å²) in [4.78, 5) is 68.9. The third-order valence-corrected chi connectivity index (χ3v) is 11.5. The van der Waals surface area contributed by atoms with Crippen molar-refractivity contribution in [2.45, 2.75) is 57.8 Å². The Kier molecular flexibility index (Phi) is 14.3. The van der Waals surface area contributed by atoms with Crippen LogP contribution in [0.15, 0.2) is 91.9 Å². The van der Waals surface area contributed by atoms with Gasteiger partial charge in [-0.2, -0.15) is 10.2 Å². The minimum Gasteiger partial charge on any atom is -0.445 e. The van der Waals surface area contributed by atoms with E-state index in [0.717, 1.165) is 22.5 Å². The summed E-state index contributed by atoms with van der Waals surface area (Å²) in [5.41, 5.74) is 15.0. The largest absolute Gasteiger partial charge is 0.445 e. The summed E-state index contributed by atoms with van der Waals surface area (Å²) < 4.78 is 23.3. The van der Waals surface area contributed by atoms with Gasteiger partial charge in [0.1, 0.15) is 30.3 Å². The minimum atomic E-state index is -1.22. The fourth-order valence-corrected chi connectivity index (χ4v) is 7.50. The van der Waals surface area contributed by atoms with Crippen molar-refractivity contribution >= 4 is 46.9 Å². The maximum atomic E-state index is 14.1. The van der Waals surface area contributed by atoms with E-state index >= 15 is 0 Å². The molecule has 0 spiro atoms. The summed E-state index contributed by atoms with van der Waals surface area (Å²) in [5, 5.41) is 19.6. The molecule has 1 saturated heterocycles. The third-order valence-electron chi connectivity index (χ3n) is 11.5. The van der Waals surface area contributed by atoms with Crippen LogP contribution in [0.25, 0.3) is 16.6 Å². The number of primary amides is 1. The number of hydrogen-bond donors (Lipinski definition) is 6. The van der Waals surface area contributed by atoms with E-state index in [2.05, 4.69) is 52.3 Å². The normalized spacial score (nSPS) is 14.6. The first-order valence-electron chi connectivity index (χ1n) is 21.5. The zero-order valence-corrected chi connectivity index (χ0v) is 37.1. The van der Waals surface area contributed by atoms with Crippen LogP contribution in [0.5, 0.6) is 0 Å². The van der Waals surface area contributed by atoms with Crippen molar-refractivity contribution in [1.82, 2.24) is 50.3 Å². The Hall–Kier alpha value is -7.68. The van der Waals surface area contributed by atoms with Gasteiger partial charge in [-0.1, -0.05) is 38.1 Å². The van der Waals surface area contributed by atoms with Crippen molar-refractivity contribution in [3.63, 3.8) is 0 Å². The van der Waals surface area contributed by atoms with Crippen LogP contribution in [0.4, 0.5) is 31.4 Å². The second kappa shape index (κ2) is 20.4. The van der Waals surface area contributed by atoms with Crippen molar-refractivity contribution in [2.24, 2.45) is 24.4 Å². The van der Waals surface area contributed by atoms with Crippen LogP contribution in [0.2, 0.25) is 0 Å². The molecule has 4 aromatic heterocycles. The number of ether oxygens (including phenoxy) is 1. The van der Waals surface area contributed by atoms with E-state index in [1.54, 1.807) is 80.6 Å². The average molecular weight is 904 g/mol. The van der Waals surface area contributed by atoms with Gasteiger partial charge < -0.3 is 47.3 Å². The molecule has 66 heavy (non-hydrogen) atoms. The van der Waals surface area contributed by atoms with Crippen molar-refractivity contribution < 1.29 is 28.3 Å². The lowest BCUT2D eigenvalue weighted by Crippen LogP contribution is -2.51. The minimum absolute atomic E-state index is 0.115. The molecule has 0 saturated carbocycles. The van der Waals surface area contributed by atoms with E-state index in [0.29, 0.717) is 60.9 Å². The standard InChI is InChI=1S/C45H54FN15O5/c1-28(2)38(47)41(63)56-36(6-5-15-49-42(48)64)40(62)55-35-13-7-29(8-14-35)26-66-44(65)57-45(3,32-9-11-34(46)12-10-32)33-22-50-43(51-23-33)60-18-16-59(17-19-60)39-37-20-30(25-61(37)54-27-52-39)31-21-53-58(4)24-31/h7-14,20-25,27-28,36,38H,5-6,15-19,26,47H2,1-4H3,(H,55,62)(H,56,63)(H,57,65)(H3,48,49,64)/t36-,38-,45-/m0/s1. The van der Waals surface area contributed by atoms with E-state index in [4.69, 9.17) is 26.2 Å². The number of anilines is 3. The predicted octanol–water partition coefficient (Wildman–Crippen LogP) is 3.43. The Labute approximate surface area is 380 Å². The Bertz CT molecular complexity index is 2630. The second-order valence-corrected chi connectivity index (χ2v) is 16.6. The average Bonchev–Trinajstić information content (AvgIpc) is 3.96. The quantitative estimate of drug-likeness (QED) is 0.0719. The maximum Gasteiger partial charge on any atom is 0.408 e. The van der Waals surface area contributed by atoms with E-state index in [1.165, 1.54) is 12.1 Å². The lowest BCUT2D eigenvalue weighted by Gasteiger charge is -2.36. The molecule has 1 aliphatic rings. The van der Waals surface area contributed by atoms with Gasteiger partial charge in [-0.3, -0.25) is 14.3 Å². The first-order valence-corrected chi connectivity index (χ1v) is 21.5. The van der Waals surface area contributed by atoms with Gasteiger partial charge in [0.15, 0.2) is 5.82 Å². The Morgan fingerprint density at radius 3 is 2.21 bits per heavy atom. The first-order chi connectivity index (χ1) is 31.7. The fraction of sp³-hybridized carbons (Fsp3) is 0.356. The molecular formula is C45H54FN15O5. The molecule has 2 aromatic carbocycles. The van der Waals surface area contributed by atoms with Gasteiger partial charge in [0.05, 0.1) is 17.8 Å². The van der Waals surface area contributed by atoms with E-state index in [-0.39, 0.29) is 25.5 Å². The van der Waals surface area contributed by atoms with E-state index < -0.39 is 47.4 Å². The molecule has 0 radical (unpaired) electrons. The van der Waals surface area contributed by atoms with Crippen molar-refractivity contribution in [3.05, 3.63) is 114 Å². The summed E-state index contributed by atoms with van der Waals surface area (Å²) in [5.74, 6) is -0.188. The highest BCUT2D eigenvalue weighted by atomic mass is 19.1. The summed E-state index contributed by atoms with van der Waals surface area (Å²) in [6.07, 6.45) is 10.4. The number of carbonyl (C=O) groups excluding carboxylic acids is 4. The van der Waals surface area contributed by atoms with Gasteiger partial charge in [0.2, 0.25) is 17.8 Å². The maximum absolute atomic E-state index is 14.1. The van der Waals surface area contributed by atoms with Crippen LogP contribution < -0.4 is 42.5 Å². The zero-order valence-electron chi connectivity index (χ0n) is 37.1. The van der Waals surface area contributed by atoms with Gasteiger partial charge in [-0.15, -0.1) is 0 Å². The Balaban J connectivity index is 0.965. The molecular weight excluding hydrogens is 850 g/mol. The smallest absolute Gasteiger partial charge is 0.408 e. The highest BCUT2D eigenvalue weighted by molar-refractivity contribution is 5.97. The van der Waals surface area contributed by atoms with Crippen LogP contribution in [0.1, 0.15) is 50.3 Å². The van der Waals surface area contributed by atoms with Crippen LogP contribution in [0.3, 0.4) is 0 Å². The molecule has 8 N–H and O–H groups in total. The van der Waals surface area contributed by atoms with Gasteiger partial charge in [-0.05, 0) is 67.1 Å². The highest BCUT2D eigenvalue weighted by Crippen LogP contribution is 2.31. The van der Waals surface area contributed by atoms with Crippen molar-refractivity contribution in [2.75, 3.05) is 47.8 Å². The lowest BCUT2D eigenvalue weighted by molar-refractivity contribution is -0.128. The van der Waals surface area contributed by atoms with Crippen LogP contribution in [-0.2, 0) is 33.5 Å². The SMILES string of the molecule is CC(C)[C@H](N)C(=O)N[C@@H](CCCNC(N)=O)C(=O)Nc1ccc(COC(=O)N[C@@](C)(c2ccc(F)cc2)c2cnc(N3CCN(c4ncnn5cc(-c6cnn(C)c6)cc45)CC3)nc2)cc1. The molecule has 7 rings (SSSR count). The number of rotatable bonds is 17. The van der Waals surface area contributed by atoms with E-state index in [1.807, 2.05) is 30.2 Å². The number of urea groups is 1. The molecule has 346 valence electrons. The molecule has 3 atom stereocenters. The monoisotopic (exact) mass is 903 g/mol. The number of nitrogens with one attached hydrogen (secondary N) is 4. The number of alkyl carbamates (subject to hydrolysis) is 1. The number of fused-ring (bicyclic) bond motifs is 1. The third kappa shape index (κ3) is 11.2. The van der Waals surface area contributed by atoms with Crippen LogP contribution in [-0.4, -0.2) is 103 Å². The summed E-state index contributed by atoms with van der Waals surface area (Å²) in [6.45, 7) is 8.05. The molecule has 6 aromatic rings. The predicted molar refractivity (Wildman–Crippen MR) is 244 cm³/mol. The van der Waals surface area contributed by atoms with Crippen molar-refractivity contribution in [3.8, 4) is 11.1 Å².